The van der Waals surface area contributed by atoms with Gasteiger partial charge in [0, 0.05) is 34.4 Å². The highest BCUT2D eigenvalue weighted by Gasteiger charge is 2.03. The van der Waals surface area contributed by atoms with E-state index < -0.39 is 0 Å². The van der Waals surface area contributed by atoms with Crippen LogP contribution in [0, 0.1) is 0 Å². The van der Waals surface area contributed by atoms with Crippen molar-refractivity contribution in [1.29, 1.82) is 0 Å². The van der Waals surface area contributed by atoms with Gasteiger partial charge in [-0.05, 0) is 24.3 Å². The van der Waals surface area contributed by atoms with Crippen LogP contribution < -0.4 is 5.43 Å². The number of rotatable bonds is 6. The van der Waals surface area contributed by atoms with Crippen LogP contribution in [0.2, 0.25) is 0 Å². The molecule has 0 aliphatic carbocycles. The summed E-state index contributed by atoms with van der Waals surface area (Å²) >= 11 is 1.67. The SMILES string of the molecule is COCCOCCOC.O=c1c2ccccc2sc2ccccc12. The summed E-state index contributed by atoms with van der Waals surface area (Å²) in [6, 6.07) is 15.5. The third kappa shape index (κ3) is 5.11. The van der Waals surface area contributed by atoms with Gasteiger partial charge in [0.05, 0.1) is 26.4 Å². The van der Waals surface area contributed by atoms with E-state index in [9.17, 15) is 4.79 Å². The van der Waals surface area contributed by atoms with Gasteiger partial charge in [0.2, 0.25) is 0 Å². The summed E-state index contributed by atoms with van der Waals surface area (Å²) in [5.41, 5.74) is 0.139. The summed E-state index contributed by atoms with van der Waals surface area (Å²) in [4.78, 5) is 12.1. The largest absolute Gasteiger partial charge is 0.382 e. The number of benzene rings is 2. The second-order valence-corrected chi connectivity index (χ2v) is 6.11. The minimum atomic E-state index is 0.139. The Morgan fingerprint density at radius 2 is 1.21 bits per heavy atom. The Balaban J connectivity index is 0.000000202. The van der Waals surface area contributed by atoms with Crippen molar-refractivity contribution in [3.8, 4) is 0 Å². The molecular formula is C19H22O4S. The van der Waals surface area contributed by atoms with Crippen LogP contribution in [0.15, 0.2) is 53.3 Å². The van der Waals surface area contributed by atoms with Crippen molar-refractivity contribution in [3.05, 3.63) is 58.8 Å². The summed E-state index contributed by atoms with van der Waals surface area (Å²) in [6.07, 6.45) is 0. The molecule has 0 spiro atoms. The van der Waals surface area contributed by atoms with E-state index in [1.54, 1.807) is 25.6 Å². The highest BCUT2D eigenvalue weighted by molar-refractivity contribution is 7.24. The van der Waals surface area contributed by atoms with Crippen LogP contribution in [0.5, 0.6) is 0 Å². The van der Waals surface area contributed by atoms with Gasteiger partial charge in [-0.25, -0.2) is 0 Å². The van der Waals surface area contributed by atoms with Crippen molar-refractivity contribution in [2.75, 3.05) is 40.6 Å². The molecule has 1 heterocycles. The molecule has 3 rings (SSSR count). The van der Waals surface area contributed by atoms with Crippen LogP contribution in [0.25, 0.3) is 20.2 Å². The second-order valence-electron chi connectivity index (χ2n) is 5.02. The first kappa shape index (κ1) is 18.5. The van der Waals surface area contributed by atoms with Crippen molar-refractivity contribution < 1.29 is 14.2 Å². The lowest BCUT2D eigenvalue weighted by molar-refractivity contribution is 0.0385. The Morgan fingerprint density at radius 1 is 0.750 bits per heavy atom. The zero-order valence-electron chi connectivity index (χ0n) is 14.0. The van der Waals surface area contributed by atoms with Gasteiger partial charge in [0.15, 0.2) is 5.43 Å². The predicted octanol–water partition coefficient (Wildman–Crippen LogP) is 3.71. The summed E-state index contributed by atoms with van der Waals surface area (Å²) in [7, 11) is 3.30. The fourth-order valence-corrected chi connectivity index (χ4v) is 3.21. The zero-order chi connectivity index (χ0) is 17.2. The average Bonchev–Trinajstić information content (AvgIpc) is 2.63. The summed E-state index contributed by atoms with van der Waals surface area (Å²) in [5.74, 6) is 0. The van der Waals surface area contributed by atoms with E-state index in [1.165, 1.54) is 0 Å². The molecule has 0 N–H and O–H groups in total. The number of ether oxygens (including phenoxy) is 3. The maximum atomic E-state index is 12.1. The molecule has 0 bridgehead atoms. The monoisotopic (exact) mass is 346 g/mol. The summed E-state index contributed by atoms with van der Waals surface area (Å²) in [5, 5.41) is 1.64. The van der Waals surface area contributed by atoms with E-state index in [-0.39, 0.29) is 5.43 Å². The van der Waals surface area contributed by atoms with Gasteiger partial charge in [-0.2, -0.15) is 0 Å². The lowest BCUT2D eigenvalue weighted by atomic mass is 10.2. The predicted molar refractivity (Wildman–Crippen MR) is 100 cm³/mol. The Kier molecular flexibility index (Phi) is 7.85. The summed E-state index contributed by atoms with van der Waals surface area (Å²) < 4.78 is 16.7. The maximum Gasteiger partial charge on any atom is 0.195 e. The molecular weight excluding hydrogens is 324 g/mol. The highest BCUT2D eigenvalue weighted by atomic mass is 32.1. The molecule has 0 atom stereocenters. The zero-order valence-corrected chi connectivity index (χ0v) is 14.8. The minimum Gasteiger partial charge on any atom is -0.382 e. The van der Waals surface area contributed by atoms with E-state index >= 15 is 0 Å². The molecule has 0 fully saturated rings. The second kappa shape index (κ2) is 10.2. The average molecular weight is 346 g/mol. The lowest BCUT2D eigenvalue weighted by Gasteiger charge is -2.00. The fourth-order valence-electron chi connectivity index (χ4n) is 2.14. The Morgan fingerprint density at radius 3 is 1.67 bits per heavy atom. The molecule has 0 aliphatic rings. The van der Waals surface area contributed by atoms with Gasteiger partial charge in [-0.15, -0.1) is 11.3 Å². The molecule has 2 aromatic carbocycles. The highest BCUT2D eigenvalue weighted by Crippen LogP contribution is 2.23. The van der Waals surface area contributed by atoms with Gasteiger partial charge in [0.1, 0.15) is 0 Å². The van der Waals surface area contributed by atoms with Gasteiger partial charge in [0.25, 0.3) is 0 Å². The van der Waals surface area contributed by atoms with Crippen LogP contribution in [-0.4, -0.2) is 40.6 Å². The smallest absolute Gasteiger partial charge is 0.195 e. The topological polar surface area (TPSA) is 44.8 Å². The number of hydrogen-bond donors (Lipinski definition) is 0. The van der Waals surface area contributed by atoms with Gasteiger partial charge >= 0.3 is 0 Å². The van der Waals surface area contributed by atoms with Crippen molar-refractivity contribution in [1.82, 2.24) is 0 Å². The lowest BCUT2D eigenvalue weighted by Crippen LogP contribution is -2.06. The van der Waals surface area contributed by atoms with E-state index in [4.69, 9.17) is 14.2 Å². The molecule has 0 radical (unpaired) electrons. The first-order valence-electron chi connectivity index (χ1n) is 7.74. The van der Waals surface area contributed by atoms with Crippen LogP contribution in [0.4, 0.5) is 0 Å². The third-order valence-corrected chi connectivity index (χ3v) is 4.50. The van der Waals surface area contributed by atoms with E-state index in [2.05, 4.69) is 0 Å². The summed E-state index contributed by atoms with van der Waals surface area (Å²) in [6.45, 7) is 2.62. The maximum absolute atomic E-state index is 12.1. The standard InChI is InChI=1S/C13H8OS.C6H14O3/c14-13-9-5-1-3-7-11(9)15-12-8-4-2-6-10(12)13;1-7-3-5-9-6-4-8-2/h1-8H;3-6H2,1-2H3. The van der Waals surface area contributed by atoms with Crippen molar-refractivity contribution in [2.24, 2.45) is 0 Å². The molecule has 1 aromatic heterocycles. The van der Waals surface area contributed by atoms with E-state index in [0.29, 0.717) is 26.4 Å². The van der Waals surface area contributed by atoms with Gasteiger partial charge in [-0.3, -0.25) is 4.79 Å². The number of fused-ring (bicyclic) bond motifs is 2. The molecule has 128 valence electrons. The molecule has 0 saturated carbocycles. The minimum absolute atomic E-state index is 0.139. The molecule has 5 heteroatoms. The Hall–Kier alpha value is -1.79. The fraction of sp³-hybridized carbons (Fsp3) is 0.316. The quantitative estimate of drug-likeness (QED) is 0.504. The van der Waals surface area contributed by atoms with E-state index in [1.807, 2.05) is 48.5 Å². The van der Waals surface area contributed by atoms with Gasteiger partial charge < -0.3 is 14.2 Å². The Bertz CT molecular complexity index is 750. The third-order valence-electron chi connectivity index (χ3n) is 3.35. The molecule has 0 amide bonds. The van der Waals surface area contributed by atoms with Crippen molar-refractivity contribution in [2.45, 2.75) is 0 Å². The first-order valence-corrected chi connectivity index (χ1v) is 8.55. The Labute approximate surface area is 145 Å². The van der Waals surface area contributed by atoms with E-state index in [0.717, 1.165) is 20.2 Å². The molecule has 3 aromatic rings. The van der Waals surface area contributed by atoms with Crippen LogP contribution in [-0.2, 0) is 14.2 Å². The number of methoxy groups -OCH3 is 2. The van der Waals surface area contributed by atoms with Gasteiger partial charge in [-0.1, -0.05) is 24.3 Å². The van der Waals surface area contributed by atoms with Crippen LogP contribution in [0.3, 0.4) is 0 Å². The molecule has 24 heavy (non-hydrogen) atoms. The molecule has 4 nitrogen and oxygen atoms in total. The van der Waals surface area contributed by atoms with Crippen molar-refractivity contribution in [3.63, 3.8) is 0 Å². The normalized spacial score (nSPS) is 10.6. The number of hydrogen-bond acceptors (Lipinski definition) is 5. The molecule has 0 aliphatic heterocycles. The van der Waals surface area contributed by atoms with Crippen LogP contribution in [0.1, 0.15) is 0 Å². The van der Waals surface area contributed by atoms with Crippen molar-refractivity contribution >= 4 is 31.5 Å². The van der Waals surface area contributed by atoms with Crippen LogP contribution >= 0.6 is 11.3 Å². The molecule has 0 saturated heterocycles. The molecule has 0 unspecified atom stereocenters. The first-order chi connectivity index (χ1) is 11.8.